The molecule has 0 spiro atoms. The lowest BCUT2D eigenvalue weighted by Crippen LogP contribution is -2.14. The summed E-state index contributed by atoms with van der Waals surface area (Å²) in [6, 6.07) is 9.85. The highest BCUT2D eigenvalue weighted by atomic mass is 16.3. The Morgan fingerprint density at radius 2 is 1.76 bits per heavy atom. The number of hydrogen-bond donors (Lipinski definition) is 2. The van der Waals surface area contributed by atoms with E-state index in [2.05, 4.69) is 15.7 Å². The molecular formula is C18H18N4O3. The van der Waals surface area contributed by atoms with Crippen LogP contribution >= 0.6 is 0 Å². The van der Waals surface area contributed by atoms with Crippen molar-refractivity contribution in [2.45, 2.75) is 13.8 Å². The van der Waals surface area contributed by atoms with Crippen molar-refractivity contribution in [3.63, 3.8) is 0 Å². The molecule has 7 nitrogen and oxygen atoms in total. The van der Waals surface area contributed by atoms with E-state index < -0.39 is 0 Å². The highest BCUT2D eigenvalue weighted by molar-refractivity contribution is 6.06. The van der Waals surface area contributed by atoms with Crippen LogP contribution in [0.5, 0.6) is 0 Å². The molecule has 0 saturated heterocycles. The first kappa shape index (κ1) is 16.5. The number of hydrogen-bond acceptors (Lipinski definition) is 4. The van der Waals surface area contributed by atoms with E-state index >= 15 is 0 Å². The van der Waals surface area contributed by atoms with Gasteiger partial charge in [-0.05, 0) is 50.2 Å². The lowest BCUT2D eigenvalue weighted by molar-refractivity contribution is 0.0995. The summed E-state index contributed by atoms with van der Waals surface area (Å²) in [6.45, 7) is 3.73. The van der Waals surface area contributed by atoms with Crippen molar-refractivity contribution in [2.24, 2.45) is 7.05 Å². The van der Waals surface area contributed by atoms with Crippen molar-refractivity contribution < 1.29 is 14.0 Å². The van der Waals surface area contributed by atoms with E-state index in [0.29, 0.717) is 16.9 Å². The van der Waals surface area contributed by atoms with Crippen LogP contribution in [0.3, 0.4) is 0 Å². The Bertz CT molecular complexity index is 909. The molecule has 0 atom stereocenters. The predicted molar refractivity (Wildman–Crippen MR) is 93.7 cm³/mol. The molecule has 1 aromatic carbocycles. The fraction of sp³-hybridized carbons (Fsp3) is 0.167. The van der Waals surface area contributed by atoms with Crippen molar-refractivity contribution in [3.05, 3.63) is 65.4 Å². The second kappa shape index (κ2) is 6.64. The van der Waals surface area contributed by atoms with Crippen LogP contribution in [0, 0.1) is 13.8 Å². The minimum absolute atomic E-state index is 0.226. The first-order valence-corrected chi connectivity index (χ1v) is 7.72. The van der Waals surface area contributed by atoms with Gasteiger partial charge < -0.3 is 15.1 Å². The van der Waals surface area contributed by atoms with E-state index in [-0.39, 0.29) is 17.6 Å². The molecule has 0 aliphatic heterocycles. The zero-order valence-corrected chi connectivity index (χ0v) is 14.2. The monoisotopic (exact) mass is 338 g/mol. The predicted octanol–water partition coefficient (Wildman–Crippen LogP) is 3.13. The van der Waals surface area contributed by atoms with Crippen molar-refractivity contribution in [1.82, 2.24) is 9.78 Å². The zero-order valence-electron chi connectivity index (χ0n) is 14.2. The van der Waals surface area contributed by atoms with Crippen molar-refractivity contribution >= 4 is 23.2 Å². The van der Waals surface area contributed by atoms with Gasteiger partial charge in [-0.25, -0.2) is 0 Å². The number of aromatic nitrogens is 2. The Kier molecular flexibility index (Phi) is 4.38. The summed E-state index contributed by atoms with van der Waals surface area (Å²) in [5, 5.41) is 9.85. The van der Waals surface area contributed by atoms with Crippen molar-refractivity contribution in [2.75, 3.05) is 10.6 Å². The molecule has 128 valence electrons. The third-order valence-electron chi connectivity index (χ3n) is 3.90. The summed E-state index contributed by atoms with van der Waals surface area (Å²) >= 11 is 0. The minimum atomic E-state index is -0.344. The van der Waals surface area contributed by atoms with Crippen LogP contribution in [-0.4, -0.2) is 21.6 Å². The van der Waals surface area contributed by atoms with Gasteiger partial charge in [-0.15, -0.1) is 0 Å². The van der Waals surface area contributed by atoms with Crippen LogP contribution in [0.15, 0.2) is 47.1 Å². The van der Waals surface area contributed by atoms with Gasteiger partial charge >= 0.3 is 0 Å². The number of amides is 2. The molecule has 0 saturated carbocycles. The van der Waals surface area contributed by atoms with Gasteiger partial charge in [0, 0.05) is 18.3 Å². The average molecular weight is 338 g/mol. The molecule has 0 fully saturated rings. The number of furan rings is 1. The summed E-state index contributed by atoms with van der Waals surface area (Å²) in [4.78, 5) is 24.3. The number of nitrogens with one attached hydrogen (secondary N) is 2. The summed E-state index contributed by atoms with van der Waals surface area (Å²) < 4.78 is 6.76. The number of anilines is 2. The SMILES string of the molecule is Cc1nn(C)c(C)c1NC(=O)c1ccc(NC(=O)c2ccco2)cc1. The molecule has 2 N–H and O–H groups in total. The van der Waals surface area contributed by atoms with E-state index in [1.54, 1.807) is 41.1 Å². The van der Waals surface area contributed by atoms with E-state index in [9.17, 15) is 9.59 Å². The van der Waals surface area contributed by atoms with Crippen LogP contribution < -0.4 is 10.6 Å². The minimum Gasteiger partial charge on any atom is -0.459 e. The van der Waals surface area contributed by atoms with Gasteiger partial charge in [0.2, 0.25) is 0 Å². The lowest BCUT2D eigenvalue weighted by atomic mass is 10.2. The highest BCUT2D eigenvalue weighted by Crippen LogP contribution is 2.20. The van der Waals surface area contributed by atoms with Crippen LogP contribution in [0.4, 0.5) is 11.4 Å². The molecule has 2 heterocycles. The Morgan fingerprint density at radius 1 is 1.04 bits per heavy atom. The molecule has 3 aromatic rings. The molecule has 25 heavy (non-hydrogen) atoms. The van der Waals surface area contributed by atoms with Crippen LogP contribution in [-0.2, 0) is 7.05 Å². The molecule has 0 radical (unpaired) electrons. The molecule has 7 heteroatoms. The lowest BCUT2D eigenvalue weighted by Gasteiger charge is -2.07. The van der Waals surface area contributed by atoms with Gasteiger partial charge in [-0.2, -0.15) is 5.10 Å². The normalized spacial score (nSPS) is 10.5. The van der Waals surface area contributed by atoms with Gasteiger partial charge in [-0.1, -0.05) is 0 Å². The quantitative estimate of drug-likeness (QED) is 0.765. The zero-order chi connectivity index (χ0) is 18.0. The van der Waals surface area contributed by atoms with Gasteiger partial charge in [0.15, 0.2) is 5.76 Å². The first-order chi connectivity index (χ1) is 12.0. The topological polar surface area (TPSA) is 89.2 Å². The maximum Gasteiger partial charge on any atom is 0.291 e. The number of nitrogens with zero attached hydrogens (tertiary/aromatic N) is 2. The Labute approximate surface area is 144 Å². The van der Waals surface area contributed by atoms with Crippen molar-refractivity contribution in [1.29, 1.82) is 0 Å². The third-order valence-corrected chi connectivity index (χ3v) is 3.90. The Hall–Kier alpha value is -3.35. The summed E-state index contributed by atoms with van der Waals surface area (Å²) in [5.74, 6) is -0.351. The number of rotatable bonds is 4. The third kappa shape index (κ3) is 3.45. The Balaban J connectivity index is 1.69. The summed E-state index contributed by atoms with van der Waals surface area (Å²) in [7, 11) is 1.83. The molecule has 0 aliphatic rings. The fourth-order valence-corrected chi connectivity index (χ4v) is 2.45. The van der Waals surface area contributed by atoms with Crippen LogP contribution in [0.2, 0.25) is 0 Å². The van der Waals surface area contributed by atoms with E-state index in [1.807, 2.05) is 20.9 Å². The maximum absolute atomic E-state index is 12.4. The largest absolute Gasteiger partial charge is 0.459 e. The standard InChI is InChI=1S/C18H18N4O3/c1-11-16(12(2)22(3)21-11)20-17(23)13-6-8-14(9-7-13)19-18(24)15-5-4-10-25-15/h4-10H,1-3H3,(H,19,24)(H,20,23). The van der Waals surface area contributed by atoms with Gasteiger partial charge in [-0.3, -0.25) is 14.3 Å². The number of aryl methyl sites for hydroxylation is 2. The molecule has 0 unspecified atom stereocenters. The van der Waals surface area contributed by atoms with Crippen LogP contribution in [0.1, 0.15) is 32.3 Å². The second-order valence-corrected chi connectivity index (χ2v) is 5.63. The fourth-order valence-electron chi connectivity index (χ4n) is 2.45. The van der Waals surface area contributed by atoms with Crippen LogP contribution in [0.25, 0.3) is 0 Å². The van der Waals surface area contributed by atoms with Gasteiger partial charge in [0.1, 0.15) is 0 Å². The molecule has 0 bridgehead atoms. The highest BCUT2D eigenvalue weighted by Gasteiger charge is 2.14. The second-order valence-electron chi connectivity index (χ2n) is 5.63. The van der Waals surface area contributed by atoms with Gasteiger partial charge in [0.05, 0.1) is 23.3 Å². The summed E-state index contributed by atoms with van der Waals surface area (Å²) in [5.41, 5.74) is 3.41. The average Bonchev–Trinajstić information content (AvgIpc) is 3.20. The van der Waals surface area contributed by atoms with Gasteiger partial charge in [0.25, 0.3) is 11.8 Å². The molecular weight excluding hydrogens is 320 g/mol. The van der Waals surface area contributed by atoms with E-state index in [4.69, 9.17) is 4.42 Å². The van der Waals surface area contributed by atoms with E-state index in [1.165, 1.54) is 6.26 Å². The van der Waals surface area contributed by atoms with Crippen molar-refractivity contribution in [3.8, 4) is 0 Å². The van der Waals surface area contributed by atoms with E-state index in [0.717, 1.165) is 11.4 Å². The first-order valence-electron chi connectivity index (χ1n) is 7.72. The molecule has 2 amide bonds. The Morgan fingerprint density at radius 3 is 2.32 bits per heavy atom. The number of benzene rings is 1. The smallest absolute Gasteiger partial charge is 0.291 e. The maximum atomic E-state index is 12.4. The molecule has 2 aromatic heterocycles. The number of carbonyl (C=O) groups is 2. The number of carbonyl (C=O) groups excluding carboxylic acids is 2. The molecule has 0 aliphatic carbocycles. The molecule has 3 rings (SSSR count). The summed E-state index contributed by atoms with van der Waals surface area (Å²) in [6.07, 6.45) is 1.44.